The molecule has 5 heteroatoms. The van der Waals surface area contributed by atoms with Crippen LogP contribution in [0.3, 0.4) is 0 Å². The predicted octanol–water partition coefficient (Wildman–Crippen LogP) is 2.43. The third-order valence-corrected chi connectivity index (χ3v) is 7.91. The molecule has 0 spiro atoms. The van der Waals surface area contributed by atoms with E-state index in [4.69, 9.17) is 11.3 Å². The van der Waals surface area contributed by atoms with Crippen LogP contribution < -0.4 is 0 Å². The molecule has 0 aromatic rings. The monoisotopic (exact) mass is 294 g/mol. The van der Waals surface area contributed by atoms with Gasteiger partial charge in [-0.15, -0.1) is 0 Å². The standard InChI is InChI=1S/C7H18GeO3.C4H6O/c1-5-6-7-8(9-2,10-3)11-4;1-4(2)3-5/h5-7H2,1-4H3;3H,1H2,2H3. The van der Waals surface area contributed by atoms with Gasteiger partial charge in [0.1, 0.15) is 6.29 Å². The quantitative estimate of drug-likeness (QED) is 0.411. The maximum absolute atomic E-state index is 9.41. The Bertz CT molecular complexity index is 182. The first kappa shape index (κ1) is 18.2. The molecule has 0 atom stereocenters. The summed E-state index contributed by atoms with van der Waals surface area (Å²) in [6.07, 6.45) is 3.00. The van der Waals surface area contributed by atoms with Crippen molar-refractivity contribution in [3.63, 3.8) is 0 Å². The molecule has 0 rings (SSSR count). The SMILES string of the molecule is C=C(C)C=O.CCC[CH2][Ge]([O]C)([O]C)[O]C. The van der Waals surface area contributed by atoms with Crippen molar-refractivity contribution in [3.8, 4) is 0 Å². The molecule has 0 aliphatic carbocycles. The van der Waals surface area contributed by atoms with Crippen molar-refractivity contribution >= 4 is 20.6 Å². The van der Waals surface area contributed by atoms with Gasteiger partial charge in [-0.2, -0.15) is 0 Å². The van der Waals surface area contributed by atoms with Gasteiger partial charge in [-0.3, -0.25) is 4.79 Å². The molecule has 96 valence electrons. The zero-order chi connectivity index (χ0) is 13.0. The Labute approximate surface area is 102 Å². The first-order valence-corrected chi connectivity index (χ1v) is 9.33. The van der Waals surface area contributed by atoms with Gasteiger partial charge in [-0.05, 0) is 12.5 Å². The van der Waals surface area contributed by atoms with Crippen LogP contribution in [0.15, 0.2) is 12.2 Å². The number of allylic oxidation sites excluding steroid dienone is 1. The van der Waals surface area contributed by atoms with Gasteiger partial charge >= 0.3 is 71.9 Å². The van der Waals surface area contributed by atoms with E-state index in [0.717, 1.165) is 24.4 Å². The predicted molar refractivity (Wildman–Crippen MR) is 67.4 cm³/mol. The molecule has 0 saturated carbocycles. The normalized spacial score (nSPS) is 10.3. The molecular formula is C11H24GeO4. The molecule has 0 bridgehead atoms. The second-order valence-corrected chi connectivity index (χ2v) is 9.85. The van der Waals surface area contributed by atoms with Gasteiger partial charge in [-0.1, -0.05) is 6.58 Å². The number of hydrogen-bond acceptors (Lipinski definition) is 4. The topological polar surface area (TPSA) is 44.8 Å². The van der Waals surface area contributed by atoms with Gasteiger partial charge in [0.2, 0.25) is 0 Å². The van der Waals surface area contributed by atoms with Crippen LogP contribution in [-0.2, 0) is 16.1 Å². The van der Waals surface area contributed by atoms with Crippen molar-refractivity contribution in [1.82, 2.24) is 0 Å². The minimum atomic E-state index is -2.73. The second kappa shape index (κ2) is 11.3. The fraction of sp³-hybridized carbons (Fsp3) is 0.727. The Hall–Kier alpha value is -0.167. The Morgan fingerprint density at radius 1 is 1.25 bits per heavy atom. The summed E-state index contributed by atoms with van der Waals surface area (Å²) in [7, 11) is 5.01. The molecule has 0 aliphatic rings. The van der Waals surface area contributed by atoms with E-state index in [2.05, 4.69) is 13.5 Å². The van der Waals surface area contributed by atoms with E-state index >= 15 is 0 Å². The molecule has 0 fully saturated rings. The summed E-state index contributed by atoms with van der Waals surface area (Å²) in [6, 6.07) is 0. The van der Waals surface area contributed by atoms with Crippen LogP contribution in [0.1, 0.15) is 26.7 Å². The average molecular weight is 293 g/mol. The summed E-state index contributed by atoms with van der Waals surface area (Å²) in [5.41, 5.74) is 0.574. The number of aldehydes is 1. The third kappa shape index (κ3) is 9.09. The van der Waals surface area contributed by atoms with E-state index in [1.807, 2.05) is 0 Å². The van der Waals surface area contributed by atoms with Crippen LogP contribution in [0.2, 0.25) is 5.25 Å². The third-order valence-electron chi connectivity index (χ3n) is 1.97. The van der Waals surface area contributed by atoms with Crippen LogP contribution in [-0.4, -0.2) is 41.9 Å². The zero-order valence-electron chi connectivity index (χ0n) is 11.0. The summed E-state index contributed by atoms with van der Waals surface area (Å²) < 4.78 is 15.8. The molecular weight excluding hydrogens is 269 g/mol. The van der Waals surface area contributed by atoms with Crippen LogP contribution >= 0.6 is 0 Å². The number of hydrogen-bond donors (Lipinski definition) is 0. The van der Waals surface area contributed by atoms with Gasteiger partial charge in [-0.25, -0.2) is 0 Å². The minimum absolute atomic E-state index is 0.574. The molecule has 0 unspecified atom stereocenters. The molecule has 0 aromatic carbocycles. The summed E-state index contributed by atoms with van der Waals surface area (Å²) >= 11 is -2.73. The summed E-state index contributed by atoms with van der Waals surface area (Å²) in [5.74, 6) is 0. The maximum atomic E-state index is 9.41. The van der Waals surface area contributed by atoms with Crippen LogP contribution in [0.5, 0.6) is 0 Å². The molecule has 0 aromatic heterocycles. The van der Waals surface area contributed by atoms with Gasteiger partial charge in [0, 0.05) is 0 Å². The molecule has 4 nitrogen and oxygen atoms in total. The van der Waals surface area contributed by atoms with E-state index in [1.165, 1.54) is 0 Å². The van der Waals surface area contributed by atoms with E-state index in [9.17, 15) is 4.79 Å². The molecule has 16 heavy (non-hydrogen) atoms. The molecule has 0 amide bonds. The second-order valence-electron chi connectivity index (χ2n) is 3.36. The summed E-state index contributed by atoms with van der Waals surface area (Å²) in [6.45, 7) is 7.11. The fourth-order valence-electron chi connectivity index (χ4n) is 0.949. The molecule has 0 saturated heterocycles. The van der Waals surface area contributed by atoms with Crippen LogP contribution in [0, 0.1) is 0 Å². The fourth-order valence-corrected chi connectivity index (χ4v) is 4.93. The van der Waals surface area contributed by atoms with E-state index in [1.54, 1.807) is 28.3 Å². The van der Waals surface area contributed by atoms with Crippen molar-refractivity contribution in [2.24, 2.45) is 0 Å². The Morgan fingerprint density at radius 2 is 1.62 bits per heavy atom. The van der Waals surface area contributed by atoms with E-state index < -0.39 is 14.3 Å². The first-order valence-electron chi connectivity index (χ1n) is 5.28. The van der Waals surface area contributed by atoms with Gasteiger partial charge in [0.25, 0.3) is 0 Å². The van der Waals surface area contributed by atoms with Gasteiger partial charge in [0.15, 0.2) is 0 Å². The van der Waals surface area contributed by atoms with Crippen molar-refractivity contribution in [3.05, 3.63) is 12.2 Å². The van der Waals surface area contributed by atoms with Crippen molar-refractivity contribution in [2.75, 3.05) is 21.3 Å². The number of rotatable bonds is 7. The number of carbonyl (C=O) groups is 1. The molecule has 0 heterocycles. The van der Waals surface area contributed by atoms with Gasteiger partial charge in [0.05, 0.1) is 0 Å². The zero-order valence-corrected chi connectivity index (χ0v) is 13.1. The molecule has 0 N–H and O–H groups in total. The van der Waals surface area contributed by atoms with Crippen LogP contribution in [0.25, 0.3) is 0 Å². The van der Waals surface area contributed by atoms with Crippen molar-refractivity contribution in [1.29, 1.82) is 0 Å². The van der Waals surface area contributed by atoms with Crippen LogP contribution in [0.4, 0.5) is 0 Å². The Kier molecular flexibility index (Phi) is 12.9. The Balaban J connectivity index is 0. The molecule has 0 aliphatic heterocycles. The number of carbonyl (C=O) groups excluding carboxylic acids is 1. The summed E-state index contributed by atoms with van der Waals surface area (Å²) in [4.78, 5) is 9.41. The average Bonchev–Trinajstić information content (AvgIpc) is 2.32. The van der Waals surface area contributed by atoms with Gasteiger partial charge < -0.3 is 0 Å². The Morgan fingerprint density at radius 3 is 1.81 bits per heavy atom. The summed E-state index contributed by atoms with van der Waals surface area (Å²) in [5, 5.41) is 0.958. The van der Waals surface area contributed by atoms with Crippen molar-refractivity contribution in [2.45, 2.75) is 31.9 Å². The van der Waals surface area contributed by atoms with E-state index in [0.29, 0.717) is 5.57 Å². The van der Waals surface area contributed by atoms with E-state index in [-0.39, 0.29) is 0 Å². The molecule has 0 radical (unpaired) electrons. The number of unbranched alkanes of at least 4 members (excludes halogenated alkanes) is 1. The first-order chi connectivity index (χ1) is 7.51. The van der Waals surface area contributed by atoms with Crippen molar-refractivity contribution < 1.29 is 16.1 Å².